The Hall–Kier alpha value is -1.96. The SMILES string of the molecule is COC1CCN(Cc2ccc3n(c2=O)C[C@H]2C[C@@H]3CN(Cc3coc(C)n3)C2)CC1. The van der Waals surface area contributed by atoms with Crippen LogP contribution < -0.4 is 5.56 Å². The Labute approximate surface area is 177 Å². The zero-order chi connectivity index (χ0) is 20.7. The van der Waals surface area contributed by atoms with Gasteiger partial charge in [-0.05, 0) is 31.2 Å². The van der Waals surface area contributed by atoms with Crippen LogP contribution in [-0.4, -0.2) is 58.7 Å². The lowest BCUT2D eigenvalue weighted by molar-refractivity contribution is 0.0386. The first kappa shape index (κ1) is 20.0. The topological polar surface area (TPSA) is 63.7 Å². The van der Waals surface area contributed by atoms with E-state index in [0.29, 0.717) is 17.9 Å². The summed E-state index contributed by atoms with van der Waals surface area (Å²) in [4.78, 5) is 22.6. The van der Waals surface area contributed by atoms with E-state index in [1.165, 1.54) is 12.1 Å². The highest BCUT2D eigenvalue weighted by molar-refractivity contribution is 5.22. The van der Waals surface area contributed by atoms with Crippen LogP contribution in [-0.2, 0) is 24.4 Å². The minimum Gasteiger partial charge on any atom is -0.449 e. The van der Waals surface area contributed by atoms with E-state index in [9.17, 15) is 4.79 Å². The maximum absolute atomic E-state index is 13.3. The van der Waals surface area contributed by atoms with Crippen LogP contribution in [0.15, 0.2) is 27.6 Å². The number of hydrogen-bond acceptors (Lipinski definition) is 6. The number of aryl methyl sites for hydroxylation is 1. The van der Waals surface area contributed by atoms with Gasteiger partial charge in [0.25, 0.3) is 5.56 Å². The summed E-state index contributed by atoms with van der Waals surface area (Å²) in [5, 5.41) is 0. The molecule has 2 saturated heterocycles. The number of rotatable bonds is 5. The van der Waals surface area contributed by atoms with Gasteiger partial charge in [0.2, 0.25) is 0 Å². The lowest BCUT2D eigenvalue weighted by Gasteiger charge is -2.42. The minimum absolute atomic E-state index is 0.219. The van der Waals surface area contributed by atoms with Crippen molar-refractivity contribution in [1.82, 2.24) is 19.4 Å². The van der Waals surface area contributed by atoms with Crippen molar-refractivity contribution in [2.75, 3.05) is 33.3 Å². The predicted molar refractivity (Wildman–Crippen MR) is 113 cm³/mol. The molecule has 162 valence electrons. The smallest absolute Gasteiger partial charge is 0.255 e. The van der Waals surface area contributed by atoms with Crippen molar-refractivity contribution < 1.29 is 9.15 Å². The number of nitrogens with zero attached hydrogens (tertiary/aromatic N) is 4. The molecule has 3 aliphatic rings. The van der Waals surface area contributed by atoms with E-state index in [-0.39, 0.29) is 5.56 Å². The molecule has 30 heavy (non-hydrogen) atoms. The first-order valence-corrected chi connectivity index (χ1v) is 11.2. The van der Waals surface area contributed by atoms with Gasteiger partial charge in [0.05, 0.1) is 11.8 Å². The molecule has 2 bridgehead atoms. The van der Waals surface area contributed by atoms with E-state index >= 15 is 0 Å². The second-order valence-corrected chi connectivity index (χ2v) is 9.26. The van der Waals surface area contributed by atoms with E-state index < -0.39 is 0 Å². The van der Waals surface area contributed by atoms with Crippen LogP contribution in [0.25, 0.3) is 0 Å². The number of hydrogen-bond donors (Lipinski definition) is 0. The third-order valence-electron chi connectivity index (χ3n) is 7.07. The monoisotopic (exact) mass is 412 g/mol. The number of oxazole rings is 1. The normalized spacial score (nSPS) is 25.4. The summed E-state index contributed by atoms with van der Waals surface area (Å²) in [6.45, 7) is 8.29. The van der Waals surface area contributed by atoms with E-state index in [1.54, 1.807) is 13.4 Å². The molecule has 0 unspecified atom stereocenters. The molecule has 2 aromatic rings. The number of aromatic nitrogens is 2. The van der Waals surface area contributed by atoms with Crippen molar-refractivity contribution in [2.24, 2.45) is 5.92 Å². The van der Waals surface area contributed by atoms with Crippen LogP contribution in [0.2, 0.25) is 0 Å². The highest BCUT2D eigenvalue weighted by Gasteiger charge is 2.35. The van der Waals surface area contributed by atoms with Gasteiger partial charge in [-0.2, -0.15) is 0 Å². The number of methoxy groups -OCH3 is 1. The molecule has 7 heteroatoms. The standard InChI is InChI=1S/C23H32N4O3/c1-16-24-20(15-30-16)14-26-10-17-9-19(13-26)22-4-3-18(23(28)27(22)11-17)12-25-7-5-21(29-2)6-8-25/h3-4,15,17,19,21H,5-14H2,1-2H3/t17-,19+/m0/s1. The van der Waals surface area contributed by atoms with E-state index in [4.69, 9.17) is 9.15 Å². The highest BCUT2D eigenvalue weighted by atomic mass is 16.5. The quantitative estimate of drug-likeness (QED) is 0.751. The molecule has 0 aliphatic carbocycles. The van der Waals surface area contributed by atoms with E-state index in [0.717, 1.165) is 75.8 Å². The molecule has 0 N–H and O–H groups in total. The predicted octanol–water partition coefficient (Wildman–Crippen LogP) is 2.37. The Morgan fingerprint density at radius 1 is 1.13 bits per heavy atom. The average Bonchev–Trinajstić information content (AvgIpc) is 3.15. The Bertz CT molecular complexity index is 944. The van der Waals surface area contributed by atoms with E-state index in [1.807, 2.05) is 6.92 Å². The van der Waals surface area contributed by atoms with Gasteiger partial charge in [-0.3, -0.25) is 14.6 Å². The molecule has 5 rings (SSSR count). The largest absolute Gasteiger partial charge is 0.449 e. The fraction of sp³-hybridized carbons (Fsp3) is 0.652. The molecule has 2 aromatic heterocycles. The lowest BCUT2D eigenvalue weighted by Crippen LogP contribution is -2.47. The lowest BCUT2D eigenvalue weighted by atomic mass is 9.83. The zero-order valence-electron chi connectivity index (χ0n) is 18.0. The summed E-state index contributed by atoms with van der Waals surface area (Å²) in [6.07, 6.45) is 5.41. The van der Waals surface area contributed by atoms with Crippen LogP contribution in [0.5, 0.6) is 0 Å². The van der Waals surface area contributed by atoms with Crippen LogP contribution in [0, 0.1) is 12.8 Å². The number of piperidine rings is 2. The molecule has 0 amide bonds. The number of ether oxygens (including phenoxy) is 1. The first-order chi connectivity index (χ1) is 14.6. The Morgan fingerprint density at radius 2 is 1.97 bits per heavy atom. The van der Waals surface area contributed by atoms with Gasteiger partial charge >= 0.3 is 0 Å². The fourth-order valence-corrected chi connectivity index (χ4v) is 5.59. The first-order valence-electron chi connectivity index (χ1n) is 11.2. The van der Waals surface area contributed by atoms with Crippen molar-refractivity contribution in [2.45, 2.75) is 57.8 Å². The number of likely N-dealkylation sites (tertiary alicyclic amines) is 2. The Balaban J connectivity index is 1.29. The van der Waals surface area contributed by atoms with Crippen molar-refractivity contribution in [3.63, 3.8) is 0 Å². The Kier molecular flexibility index (Phi) is 5.52. The summed E-state index contributed by atoms with van der Waals surface area (Å²) in [7, 11) is 1.79. The fourth-order valence-electron chi connectivity index (χ4n) is 5.59. The second kappa shape index (κ2) is 8.29. The summed E-state index contributed by atoms with van der Waals surface area (Å²) < 4.78 is 12.9. The van der Waals surface area contributed by atoms with Gasteiger partial charge in [-0.25, -0.2) is 4.98 Å². The maximum Gasteiger partial charge on any atom is 0.255 e. The number of pyridine rings is 1. The molecule has 0 radical (unpaired) electrons. The molecule has 2 atom stereocenters. The molecular weight excluding hydrogens is 380 g/mol. The molecule has 0 saturated carbocycles. The summed E-state index contributed by atoms with van der Waals surface area (Å²) in [6, 6.07) is 4.29. The minimum atomic E-state index is 0.219. The summed E-state index contributed by atoms with van der Waals surface area (Å²) in [5.41, 5.74) is 3.36. The molecule has 5 heterocycles. The van der Waals surface area contributed by atoms with Gasteiger partial charge in [-0.1, -0.05) is 6.07 Å². The van der Waals surface area contributed by atoms with E-state index in [2.05, 4.69) is 31.5 Å². The number of fused-ring (bicyclic) bond motifs is 4. The second-order valence-electron chi connectivity index (χ2n) is 9.26. The van der Waals surface area contributed by atoms with Crippen LogP contribution >= 0.6 is 0 Å². The van der Waals surface area contributed by atoms with Gasteiger partial charge in [0, 0.05) is 77.0 Å². The highest BCUT2D eigenvalue weighted by Crippen LogP contribution is 2.35. The third kappa shape index (κ3) is 3.98. The summed E-state index contributed by atoms with van der Waals surface area (Å²) in [5.74, 6) is 1.66. The molecule has 2 fully saturated rings. The molecule has 7 nitrogen and oxygen atoms in total. The van der Waals surface area contributed by atoms with Crippen LogP contribution in [0.1, 0.15) is 48.0 Å². The zero-order valence-corrected chi connectivity index (χ0v) is 18.0. The average molecular weight is 413 g/mol. The van der Waals surface area contributed by atoms with Crippen molar-refractivity contribution in [1.29, 1.82) is 0 Å². The van der Waals surface area contributed by atoms with Gasteiger partial charge < -0.3 is 13.7 Å². The van der Waals surface area contributed by atoms with Gasteiger partial charge in [0.1, 0.15) is 6.26 Å². The molecule has 0 spiro atoms. The van der Waals surface area contributed by atoms with Gasteiger partial charge in [0.15, 0.2) is 5.89 Å². The van der Waals surface area contributed by atoms with Crippen LogP contribution in [0.3, 0.4) is 0 Å². The molecular formula is C23H32N4O3. The maximum atomic E-state index is 13.3. The molecule has 3 aliphatic heterocycles. The third-order valence-corrected chi connectivity index (χ3v) is 7.07. The van der Waals surface area contributed by atoms with Crippen molar-refractivity contribution in [3.05, 3.63) is 51.6 Å². The molecule has 0 aromatic carbocycles. The van der Waals surface area contributed by atoms with Gasteiger partial charge in [-0.15, -0.1) is 0 Å². The van der Waals surface area contributed by atoms with Crippen molar-refractivity contribution >= 4 is 0 Å². The Morgan fingerprint density at radius 3 is 2.70 bits per heavy atom. The van der Waals surface area contributed by atoms with Crippen molar-refractivity contribution in [3.8, 4) is 0 Å². The van der Waals surface area contributed by atoms with Crippen LogP contribution in [0.4, 0.5) is 0 Å². The summed E-state index contributed by atoms with van der Waals surface area (Å²) >= 11 is 0.